The molecule has 0 radical (unpaired) electrons. The molecule has 0 N–H and O–H groups in total. The second-order valence-electron chi connectivity index (χ2n) is 2.36. The zero-order valence-corrected chi connectivity index (χ0v) is 7.54. The van der Waals surface area contributed by atoms with Crippen molar-refractivity contribution >= 4 is 5.97 Å². The fourth-order valence-electron chi connectivity index (χ4n) is 0.680. The van der Waals surface area contributed by atoms with Crippen LogP contribution in [0.5, 0.6) is 0 Å². The first-order valence-corrected chi connectivity index (χ1v) is 4.19. The monoisotopic (exact) mass is 172 g/mol. The minimum atomic E-state index is -0.149. The summed E-state index contributed by atoms with van der Waals surface area (Å²) in [4.78, 5) is 10.9. The Balaban J connectivity index is 3.13. The number of esters is 1. The van der Waals surface area contributed by atoms with E-state index >= 15 is 0 Å². The third-order valence-corrected chi connectivity index (χ3v) is 1.32. The van der Waals surface area contributed by atoms with Gasteiger partial charge in [0.05, 0.1) is 6.26 Å². The summed E-state index contributed by atoms with van der Waals surface area (Å²) in [6.07, 6.45) is 3.74. The van der Waals surface area contributed by atoms with Crippen LogP contribution in [0.15, 0.2) is 12.8 Å². The van der Waals surface area contributed by atoms with Crippen molar-refractivity contribution in [2.75, 3.05) is 13.2 Å². The molecular formula is C9H16O3. The van der Waals surface area contributed by atoms with Crippen LogP contribution in [0.3, 0.4) is 0 Å². The predicted octanol–water partition coefficient (Wildman–Crippen LogP) is 1.88. The van der Waals surface area contributed by atoms with Crippen LogP contribution >= 0.6 is 0 Å². The van der Waals surface area contributed by atoms with E-state index in [4.69, 9.17) is 9.47 Å². The van der Waals surface area contributed by atoms with Gasteiger partial charge in [-0.25, -0.2) is 0 Å². The van der Waals surface area contributed by atoms with Gasteiger partial charge < -0.3 is 9.47 Å². The second-order valence-corrected chi connectivity index (χ2v) is 2.36. The van der Waals surface area contributed by atoms with Crippen LogP contribution in [0.2, 0.25) is 0 Å². The summed E-state index contributed by atoms with van der Waals surface area (Å²) in [5.41, 5.74) is 0. The van der Waals surface area contributed by atoms with E-state index in [1.165, 1.54) is 6.26 Å². The van der Waals surface area contributed by atoms with E-state index in [0.717, 1.165) is 12.8 Å². The zero-order chi connectivity index (χ0) is 9.23. The number of ether oxygens (including phenoxy) is 2. The molecule has 0 aliphatic rings. The zero-order valence-electron chi connectivity index (χ0n) is 7.54. The molecule has 70 valence electrons. The van der Waals surface area contributed by atoms with Gasteiger partial charge in [0, 0.05) is 6.42 Å². The molecule has 0 spiro atoms. The number of rotatable bonds is 7. The topological polar surface area (TPSA) is 35.5 Å². The Morgan fingerprint density at radius 3 is 2.83 bits per heavy atom. The molecule has 0 unspecified atom stereocenters. The Morgan fingerprint density at radius 1 is 1.50 bits per heavy atom. The average Bonchev–Trinajstić information content (AvgIpc) is 2.09. The number of hydrogen-bond acceptors (Lipinski definition) is 3. The van der Waals surface area contributed by atoms with Crippen LogP contribution in [0.4, 0.5) is 0 Å². The molecule has 0 aliphatic carbocycles. The molecule has 0 aromatic heterocycles. The lowest BCUT2D eigenvalue weighted by Gasteiger charge is -2.03. The standard InChI is InChI=1S/C9H16O3/c1-3-5-6-9(10)12-8-7-11-4-2/h4H,2-3,5-8H2,1H3. The Morgan fingerprint density at radius 2 is 2.25 bits per heavy atom. The van der Waals surface area contributed by atoms with E-state index in [2.05, 4.69) is 6.58 Å². The summed E-state index contributed by atoms with van der Waals surface area (Å²) >= 11 is 0. The van der Waals surface area contributed by atoms with E-state index in [-0.39, 0.29) is 5.97 Å². The van der Waals surface area contributed by atoms with Gasteiger partial charge in [0.2, 0.25) is 0 Å². The molecule has 0 amide bonds. The number of unbranched alkanes of at least 4 members (excludes halogenated alkanes) is 1. The lowest BCUT2D eigenvalue weighted by Crippen LogP contribution is -2.08. The van der Waals surface area contributed by atoms with Gasteiger partial charge in [-0.3, -0.25) is 4.79 Å². The predicted molar refractivity (Wildman–Crippen MR) is 46.6 cm³/mol. The fourth-order valence-corrected chi connectivity index (χ4v) is 0.680. The normalized spacial score (nSPS) is 9.08. The molecule has 0 bridgehead atoms. The fraction of sp³-hybridized carbons (Fsp3) is 0.667. The Hall–Kier alpha value is -0.990. The summed E-state index contributed by atoms with van der Waals surface area (Å²) in [7, 11) is 0. The Kier molecular flexibility index (Phi) is 7.44. The van der Waals surface area contributed by atoms with Crippen LogP contribution in [0.1, 0.15) is 26.2 Å². The quantitative estimate of drug-likeness (QED) is 0.334. The van der Waals surface area contributed by atoms with E-state index in [1.54, 1.807) is 0 Å². The van der Waals surface area contributed by atoms with Crippen molar-refractivity contribution in [2.24, 2.45) is 0 Å². The van der Waals surface area contributed by atoms with Crippen molar-refractivity contribution in [1.29, 1.82) is 0 Å². The number of carbonyl (C=O) groups excluding carboxylic acids is 1. The highest BCUT2D eigenvalue weighted by atomic mass is 16.6. The van der Waals surface area contributed by atoms with Crippen LogP contribution in [0, 0.1) is 0 Å². The van der Waals surface area contributed by atoms with E-state index in [0.29, 0.717) is 19.6 Å². The largest absolute Gasteiger partial charge is 0.498 e. The van der Waals surface area contributed by atoms with Crippen molar-refractivity contribution in [3.63, 3.8) is 0 Å². The maximum Gasteiger partial charge on any atom is 0.305 e. The average molecular weight is 172 g/mol. The molecule has 0 saturated carbocycles. The van der Waals surface area contributed by atoms with Gasteiger partial charge in [0.1, 0.15) is 13.2 Å². The van der Waals surface area contributed by atoms with Crippen molar-refractivity contribution in [2.45, 2.75) is 26.2 Å². The molecule has 3 nitrogen and oxygen atoms in total. The van der Waals surface area contributed by atoms with Crippen molar-refractivity contribution in [3.05, 3.63) is 12.8 Å². The Bertz CT molecular complexity index is 132. The van der Waals surface area contributed by atoms with Crippen LogP contribution in [0.25, 0.3) is 0 Å². The first-order valence-electron chi connectivity index (χ1n) is 4.19. The molecule has 0 aromatic rings. The molecule has 0 fully saturated rings. The van der Waals surface area contributed by atoms with Gasteiger partial charge in [0.25, 0.3) is 0 Å². The molecule has 0 heterocycles. The van der Waals surface area contributed by atoms with Gasteiger partial charge >= 0.3 is 5.97 Å². The summed E-state index contributed by atoms with van der Waals surface area (Å²) < 4.78 is 9.61. The van der Waals surface area contributed by atoms with E-state index in [9.17, 15) is 4.79 Å². The minimum absolute atomic E-state index is 0.149. The molecule has 0 rings (SSSR count). The van der Waals surface area contributed by atoms with Gasteiger partial charge in [-0.1, -0.05) is 19.9 Å². The van der Waals surface area contributed by atoms with Gasteiger partial charge in [-0.05, 0) is 6.42 Å². The minimum Gasteiger partial charge on any atom is -0.498 e. The summed E-state index contributed by atoms with van der Waals surface area (Å²) in [6, 6.07) is 0. The highest BCUT2D eigenvalue weighted by Crippen LogP contribution is 1.95. The SMILES string of the molecule is C=COCCOC(=O)CCCC. The Labute approximate surface area is 73.4 Å². The maximum absolute atomic E-state index is 10.9. The summed E-state index contributed by atoms with van der Waals surface area (Å²) in [5.74, 6) is -0.149. The van der Waals surface area contributed by atoms with Crippen LogP contribution < -0.4 is 0 Å². The van der Waals surface area contributed by atoms with Crippen LogP contribution in [-0.4, -0.2) is 19.2 Å². The lowest BCUT2D eigenvalue weighted by molar-refractivity contribution is -0.144. The van der Waals surface area contributed by atoms with Gasteiger partial charge in [-0.2, -0.15) is 0 Å². The highest BCUT2D eigenvalue weighted by molar-refractivity contribution is 5.69. The third kappa shape index (κ3) is 7.12. The van der Waals surface area contributed by atoms with Gasteiger partial charge in [0.15, 0.2) is 0 Å². The maximum atomic E-state index is 10.9. The van der Waals surface area contributed by atoms with Crippen molar-refractivity contribution < 1.29 is 14.3 Å². The third-order valence-electron chi connectivity index (χ3n) is 1.32. The second kappa shape index (κ2) is 8.11. The number of carbonyl (C=O) groups is 1. The number of hydrogen-bond donors (Lipinski definition) is 0. The molecule has 0 aromatic carbocycles. The molecule has 0 atom stereocenters. The molecular weight excluding hydrogens is 156 g/mol. The van der Waals surface area contributed by atoms with Gasteiger partial charge in [-0.15, -0.1) is 0 Å². The summed E-state index contributed by atoms with van der Waals surface area (Å²) in [6.45, 7) is 6.10. The smallest absolute Gasteiger partial charge is 0.305 e. The van der Waals surface area contributed by atoms with E-state index < -0.39 is 0 Å². The molecule has 0 saturated heterocycles. The van der Waals surface area contributed by atoms with Crippen molar-refractivity contribution in [1.82, 2.24) is 0 Å². The lowest BCUT2D eigenvalue weighted by atomic mass is 10.2. The first kappa shape index (κ1) is 11.0. The molecule has 12 heavy (non-hydrogen) atoms. The van der Waals surface area contributed by atoms with Crippen molar-refractivity contribution in [3.8, 4) is 0 Å². The first-order chi connectivity index (χ1) is 5.81. The van der Waals surface area contributed by atoms with E-state index in [1.807, 2.05) is 6.92 Å². The van der Waals surface area contributed by atoms with Crippen LogP contribution in [-0.2, 0) is 14.3 Å². The molecule has 0 aliphatic heterocycles. The molecule has 3 heteroatoms. The highest BCUT2D eigenvalue weighted by Gasteiger charge is 1.99. The summed E-state index contributed by atoms with van der Waals surface area (Å²) in [5, 5.41) is 0.